The van der Waals surface area contributed by atoms with Gasteiger partial charge in [-0.3, -0.25) is 9.89 Å². The van der Waals surface area contributed by atoms with Crippen LogP contribution in [-0.4, -0.2) is 51.7 Å². The predicted octanol–water partition coefficient (Wildman–Crippen LogP) is 4.07. The van der Waals surface area contributed by atoms with Crippen LogP contribution in [0.3, 0.4) is 0 Å². The fourth-order valence-electron chi connectivity index (χ4n) is 3.65. The summed E-state index contributed by atoms with van der Waals surface area (Å²) in [6.45, 7) is 9.87. The van der Waals surface area contributed by atoms with Crippen LogP contribution in [0.4, 0.5) is 17.5 Å². The van der Waals surface area contributed by atoms with Gasteiger partial charge in [0.1, 0.15) is 17.4 Å². The first-order valence-electron chi connectivity index (χ1n) is 10.7. The van der Waals surface area contributed by atoms with E-state index >= 15 is 0 Å². The summed E-state index contributed by atoms with van der Waals surface area (Å²) in [7, 11) is 0. The first-order valence-corrected chi connectivity index (χ1v) is 11.5. The van der Waals surface area contributed by atoms with Gasteiger partial charge in [0.05, 0.1) is 19.3 Å². The number of hydrogen-bond donors (Lipinski definition) is 2. The smallest absolute Gasteiger partial charge is 0.196 e. The lowest BCUT2D eigenvalue weighted by atomic mass is 10.1. The second kappa shape index (κ2) is 9.70. The van der Waals surface area contributed by atoms with Crippen LogP contribution in [0, 0.1) is 13.8 Å². The Kier molecular flexibility index (Phi) is 6.76. The summed E-state index contributed by atoms with van der Waals surface area (Å²) in [4.78, 5) is 24.4. The number of aromatic nitrogens is 4. The van der Waals surface area contributed by atoms with Crippen molar-refractivity contribution in [1.82, 2.24) is 20.2 Å². The van der Waals surface area contributed by atoms with Gasteiger partial charge in [0, 0.05) is 35.2 Å². The molecule has 1 saturated heterocycles. The first-order chi connectivity index (χ1) is 15.4. The van der Waals surface area contributed by atoms with Crippen molar-refractivity contribution in [3.05, 3.63) is 47.2 Å². The highest BCUT2D eigenvalue weighted by molar-refractivity contribution is 7.99. The number of carbonyl (C=O) groups excluding carboxylic acids is 1. The fourth-order valence-corrected chi connectivity index (χ4v) is 4.40. The highest BCUT2D eigenvalue weighted by atomic mass is 32.2. The topological polar surface area (TPSA) is 96.0 Å². The van der Waals surface area contributed by atoms with Crippen LogP contribution in [0.1, 0.15) is 30.7 Å². The molecule has 3 heterocycles. The maximum atomic E-state index is 11.4. The first kappa shape index (κ1) is 22.3. The third-order valence-electron chi connectivity index (χ3n) is 5.28. The number of hydrogen-bond acceptors (Lipinski definition) is 8. The van der Waals surface area contributed by atoms with E-state index in [1.54, 1.807) is 6.92 Å². The zero-order valence-electron chi connectivity index (χ0n) is 18.8. The number of nitrogens with one attached hydrogen (secondary N) is 2. The number of ketones is 1. The summed E-state index contributed by atoms with van der Waals surface area (Å²) < 4.78 is 5.62. The lowest BCUT2D eigenvalue weighted by Gasteiger charge is -2.35. The van der Waals surface area contributed by atoms with Crippen molar-refractivity contribution < 1.29 is 9.53 Å². The predicted molar refractivity (Wildman–Crippen MR) is 126 cm³/mol. The molecule has 9 heteroatoms. The zero-order valence-corrected chi connectivity index (χ0v) is 19.6. The molecule has 8 nitrogen and oxygen atoms in total. The summed E-state index contributed by atoms with van der Waals surface area (Å²) in [5.74, 6) is 2.51. The molecule has 3 aromatic rings. The van der Waals surface area contributed by atoms with Crippen LogP contribution >= 0.6 is 11.8 Å². The Hall–Kier alpha value is -2.91. The van der Waals surface area contributed by atoms with E-state index in [1.165, 1.54) is 11.8 Å². The van der Waals surface area contributed by atoms with Gasteiger partial charge in [-0.2, -0.15) is 5.10 Å². The molecule has 0 radical (unpaired) electrons. The number of aromatic amines is 1. The van der Waals surface area contributed by atoms with E-state index in [0.717, 1.165) is 45.7 Å². The Morgan fingerprint density at radius 2 is 2.06 bits per heavy atom. The van der Waals surface area contributed by atoms with Gasteiger partial charge in [0.15, 0.2) is 11.0 Å². The Morgan fingerprint density at radius 1 is 1.28 bits per heavy atom. The Labute approximate surface area is 192 Å². The van der Waals surface area contributed by atoms with E-state index < -0.39 is 0 Å². The molecule has 1 aliphatic rings. The van der Waals surface area contributed by atoms with Crippen molar-refractivity contribution in [2.45, 2.75) is 50.2 Å². The second-order valence-electron chi connectivity index (χ2n) is 8.11. The summed E-state index contributed by atoms with van der Waals surface area (Å²) in [5.41, 5.74) is 2.95. The number of rotatable bonds is 7. The number of nitrogens with zero attached hydrogens (tertiary/aromatic N) is 4. The molecule has 168 valence electrons. The highest BCUT2D eigenvalue weighted by Crippen LogP contribution is 2.33. The summed E-state index contributed by atoms with van der Waals surface area (Å²) in [6.07, 6.45) is 0.447. The van der Waals surface area contributed by atoms with Crippen molar-refractivity contribution in [2.75, 3.05) is 30.0 Å². The van der Waals surface area contributed by atoms with E-state index in [9.17, 15) is 4.79 Å². The van der Waals surface area contributed by atoms with E-state index in [2.05, 4.69) is 27.3 Å². The van der Waals surface area contributed by atoms with Crippen molar-refractivity contribution in [2.24, 2.45) is 0 Å². The van der Waals surface area contributed by atoms with E-state index in [4.69, 9.17) is 14.7 Å². The van der Waals surface area contributed by atoms with Crippen molar-refractivity contribution >= 4 is 35.0 Å². The number of benzene rings is 1. The van der Waals surface area contributed by atoms with Crippen molar-refractivity contribution in [3.8, 4) is 0 Å². The van der Waals surface area contributed by atoms with E-state index in [1.807, 2.05) is 44.2 Å². The summed E-state index contributed by atoms with van der Waals surface area (Å²) >= 11 is 1.50. The molecular weight excluding hydrogens is 424 g/mol. The van der Waals surface area contributed by atoms with Crippen LogP contribution in [0.25, 0.3) is 0 Å². The molecule has 0 spiro atoms. The highest BCUT2D eigenvalue weighted by Gasteiger charge is 2.24. The van der Waals surface area contributed by atoms with Crippen LogP contribution in [0.5, 0.6) is 0 Å². The molecule has 0 bridgehead atoms. The molecule has 1 fully saturated rings. The zero-order chi connectivity index (χ0) is 22.7. The van der Waals surface area contributed by atoms with Crippen LogP contribution in [0.15, 0.2) is 40.4 Å². The number of H-pyrrole nitrogens is 1. The van der Waals surface area contributed by atoms with Gasteiger partial charge in [0.25, 0.3) is 0 Å². The standard InChI is InChI=1S/C23H28N6O2S/c1-14-11-20(28-27-14)24-21-17(4)22(29-9-10-31-13-15(29)2)26-23(25-21)32-19-7-5-18(6-8-19)12-16(3)30/h5-8,11,15H,9-10,12-13H2,1-4H3,(H2,24,25,26,27,28)/t15-/m1/s1. The van der Waals surface area contributed by atoms with E-state index in [-0.39, 0.29) is 11.8 Å². The number of morpholine rings is 1. The number of Topliss-reactive ketones (excluding diaryl/α,β-unsaturated/α-hetero) is 1. The minimum Gasteiger partial charge on any atom is -0.377 e. The summed E-state index contributed by atoms with van der Waals surface area (Å²) in [6, 6.07) is 10.1. The molecule has 2 N–H and O–H groups in total. The molecule has 32 heavy (non-hydrogen) atoms. The van der Waals surface area contributed by atoms with Crippen LogP contribution in [-0.2, 0) is 16.0 Å². The Balaban J connectivity index is 1.66. The number of ether oxygens (including phenoxy) is 1. The van der Waals surface area contributed by atoms with Gasteiger partial charge < -0.3 is 15.0 Å². The van der Waals surface area contributed by atoms with Gasteiger partial charge in [-0.05, 0) is 57.2 Å². The third kappa shape index (κ3) is 5.28. The second-order valence-corrected chi connectivity index (χ2v) is 9.15. The Morgan fingerprint density at radius 3 is 2.72 bits per heavy atom. The maximum Gasteiger partial charge on any atom is 0.196 e. The van der Waals surface area contributed by atoms with Gasteiger partial charge in [0.2, 0.25) is 0 Å². The van der Waals surface area contributed by atoms with Crippen molar-refractivity contribution in [3.63, 3.8) is 0 Å². The number of aryl methyl sites for hydroxylation is 1. The Bertz CT molecular complexity index is 1100. The molecule has 1 atom stereocenters. The lowest BCUT2D eigenvalue weighted by molar-refractivity contribution is -0.116. The van der Waals surface area contributed by atoms with Gasteiger partial charge in [-0.1, -0.05) is 12.1 Å². The van der Waals surface area contributed by atoms with E-state index in [0.29, 0.717) is 24.8 Å². The number of carbonyl (C=O) groups is 1. The molecule has 0 aliphatic carbocycles. The minimum absolute atomic E-state index is 0.154. The third-order valence-corrected chi connectivity index (χ3v) is 6.15. The number of anilines is 3. The molecule has 1 aliphatic heterocycles. The van der Waals surface area contributed by atoms with Gasteiger partial charge in [-0.25, -0.2) is 9.97 Å². The maximum absolute atomic E-state index is 11.4. The largest absolute Gasteiger partial charge is 0.377 e. The quantitative estimate of drug-likeness (QED) is 0.518. The lowest BCUT2D eigenvalue weighted by Crippen LogP contribution is -2.44. The SMILES string of the molecule is CC(=O)Cc1ccc(Sc2nc(Nc3cc(C)[nH]n3)c(C)c(N3CCOC[C@H]3C)n2)cc1. The monoisotopic (exact) mass is 452 g/mol. The molecule has 0 amide bonds. The molecule has 2 aromatic heterocycles. The molecule has 1 aromatic carbocycles. The average molecular weight is 453 g/mol. The molecule has 4 rings (SSSR count). The average Bonchev–Trinajstić information content (AvgIpc) is 3.16. The molecule has 0 unspecified atom stereocenters. The summed E-state index contributed by atoms with van der Waals surface area (Å²) in [5, 5.41) is 11.2. The fraction of sp³-hybridized carbons (Fsp3) is 0.391. The molecular formula is C23H28N6O2S. The minimum atomic E-state index is 0.154. The van der Waals surface area contributed by atoms with Gasteiger partial charge >= 0.3 is 0 Å². The van der Waals surface area contributed by atoms with Crippen LogP contribution < -0.4 is 10.2 Å². The van der Waals surface area contributed by atoms with Gasteiger partial charge in [-0.15, -0.1) is 0 Å². The molecule has 0 saturated carbocycles. The van der Waals surface area contributed by atoms with Crippen LogP contribution in [0.2, 0.25) is 0 Å². The normalized spacial score (nSPS) is 16.2. The van der Waals surface area contributed by atoms with Crippen molar-refractivity contribution in [1.29, 1.82) is 0 Å².